The maximum absolute atomic E-state index is 11.8. The molecule has 0 unspecified atom stereocenters. The smallest absolute Gasteiger partial charge is 0.244 e. The van der Waals surface area contributed by atoms with Crippen molar-refractivity contribution in [2.24, 2.45) is 0 Å². The number of methoxy groups -OCH3 is 1. The summed E-state index contributed by atoms with van der Waals surface area (Å²) in [6.07, 6.45) is 3.30. The van der Waals surface area contributed by atoms with E-state index in [2.05, 4.69) is 46.9 Å². The van der Waals surface area contributed by atoms with Gasteiger partial charge in [-0.1, -0.05) is 41.5 Å². The van der Waals surface area contributed by atoms with Gasteiger partial charge in [-0.3, -0.25) is 4.79 Å². The summed E-state index contributed by atoms with van der Waals surface area (Å²) in [7, 11) is 1.60. The summed E-state index contributed by atoms with van der Waals surface area (Å²) in [4.78, 5) is 11.8. The quantitative estimate of drug-likeness (QED) is 0.637. The molecule has 0 fully saturated rings. The first-order chi connectivity index (χ1) is 11.0. The predicted molar refractivity (Wildman–Crippen MR) is 99.4 cm³/mol. The van der Waals surface area contributed by atoms with Crippen LogP contribution in [0.1, 0.15) is 58.2 Å². The van der Waals surface area contributed by atoms with E-state index in [1.807, 2.05) is 12.1 Å². The van der Waals surface area contributed by atoms with Crippen LogP contribution >= 0.6 is 0 Å². The average Bonchev–Trinajstić information content (AvgIpc) is 2.44. The first-order valence-corrected chi connectivity index (χ1v) is 8.29. The molecular weight excluding hydrogens is 302 g/mol. The third-order valence-corrected chi connectivity index (χ3v) is 3.78. The fourth-order valence-electron chi connectivity index (χ4n) is 2.40. The van der Waals surface area contributed by atoms with Gasteiger partial charge < -0.3 is 15.2 Å². The fraction of sp³-hybridized carbons (Fsp3) is 0.550. The first-order valence-electron chi connectivity index (χ1n) is 8.29. The molecule has 0 saturated heterocycles. The maximum atomic E-state index is 11.8. The lowest BCUT2D eigenvalue weighted by Crippen LogP contribution is -2.24. The molecule has 2 N–H and O–H groups in total. The number of nitrogens with one attached hydrogen (secondary N) is 1. The molecule has 134 valence electrons. The molecule has 1 aromatic carbocycles. The van der Waals surface area contributed by atoms with Crippen molar-refractivity contribution in [1.29, 1.82) is 0 Å². The second kappa shape index (κ2) is 7.84. The van der Waals surface area contributed by atoms with Crippen molar-refractivity contribution in [1.82, 2.24) is 5.32 Å². The number of rotatable bonds is 5. The van der Waals surface area contributed by atoms with E-state index in [1.54, 1.807) is 13.2 Å². The molecular formula is C20H31NO3. The molecule has 0 bridgehead atoms. The van der Waals surface area contributed by atoms with Crippen LogP contribution in [0.25, 0.3) is 6.08 Å². The van der Waals surface area contributed by atoms with Crippen LogP contribution in [0.5, 0.6) is 5.75 Å². The zero-order chi connectivity index (χ0) is 18.5. The first kappa shape index (κ1) is 20.2. The highest BCUT2D eigenvalue weighted by Crippen LogP contribution is 2.39. The van der Waals surface area contributed by atoms with Crippen LogP contribution in [0.2, 0.25) is 0 Å². The number of hydrogen-bond donors (Lipinski definition) is 2. The van der Waals surface area contributed by atoms with Crippen LogP contribution in [-0.4, -0.2) is 31.3 Å². The highest BCUT2D eigenvalue weighted by Gasteiger charge is 2.26. The predicted octanol–water partition coefficient (Wildman–Crippen LogP) is 3.76. The van der Waals surface area contributed by atoms with E-state index in [4.69, 9.17) is 4.74 Å². The van der Waals surface area contributed by atoms with E-state index < -0.39 is 0 Å². The second-order valence-electron chi connectivity index (χ2n) is 8.08. The highest BCUT2D eigenvalue weighted by atomic mass is 16.5. The number of amides is 1. The highest BCUT2D eigenvalue weighted by molar-refractivity contribution is 5.91. The lowest BCUT2D eigenvalue weighted by molar-refractivity contribution is -0.116. The molecule has 0 saturated carbocycles. The SMILES string of the molecule is COCCNC(=O)/C=C/c1cc(C(C)(C)C)c(O)c(C(C)(C)C)c1. The number of aromatic hydroxyl groups is 1. The fourth-order valence-corrected chi connectivity index (χ4v) is 2.40. The van der Waals surface area contributed by atoms with Gasteiger partial charge in [0.15, 0.2) is 0 Å². The van der Waals surface area contributed by atoms with Crippen molar-refractivity contribution in [3.8, 4) is 5.75 Å². The van der Waals surface area contributed by atoms with Crippen LogP contribution in [0.4, 0.5) is 0 Å². The van der Waals surface area contributed by atoms with Gasteiger partial charge in [-0.25, -0.2) is 0 Å². The minimum atomic E-state index is -0.186. The zero-order valence-electron chi connectivity index (χ0n) is 16.0. The summed E-state index contributed by atoms with van der Waals surface area (Å²) in [5, 5.41) is 13.4. The summed E-state index contributed by atoms with van der Waals surface area (Å²) in [6.45, 7) is 13.4. The van der Waals surface area contributed by atoms with Gasteiger partial charge in [0.2, 0.25) is 5.91 Å². The van der Waals surface area contributed by atoms with Crippen LogP contribution in [-0.2, 0) is 20.4 Å². The minimum Gasteiger partial charge on any atom is -0.507 e. The number of ether oxygens (including phenoxy) is 1. The van der Waals surface area contributed by atoms with Gasteiger partial charge in [0, 0.05) is 30.9 Å². The Morgan fingerprint density at radius 2 is 1.62 bits per heavy atom. The van der Waals surface area contributed by atoms with Gasteiger partial charge >= 0.3 is 0 Å². The lowest BCUT2D eigenvalue weighted by atomic mass is 9.78. The average molecular weight is 333 g/mol. The number of carbonyl (C=O) groups is 1. The Hall–Kier alpha value is -1.81. The summed E-state index contributed by atoms with van der Waals surface area (Å²) in [5.74, 6) is 0.187. The number of carbonyl (C=O) groups excluding carboxylic acids is 1. The molecule has 4 nitrogen and oxygen atoms in total. The van der Waals surface area contributed by atoms with Gasteiger partial charge in [0.05, 0.1) is 6.61 Å². The Balaban J connectivity index is 3.18. The van der Waals surface area contributed by atoms with Crippen molar-refractivity contribution in [3.63, 3.8) is 0 Å². The number of benzene rings is 1. The van der Waals surface area contributed by atoms with E-state index in [0.717, 1.165) is 16.7 Å². The number of phenols is 1. The summed E-state index contributed by atoms with van der Waals surface area (Å²) < 4.78 is 4.91. The molecule has 0 heterocycles. The van der Waals surface area contributed by atoms with Gasteiger partial charge in [-0.15, -0.1) is 0 Å². The van der Waals surface area contributed by atoms with Crippen molar-refractivity contribution >= 4 is 12.0 Å². The summed E-state index contributed by atoms with van der Waals surface area (Å²) in [5.41, 5.74) is 2.30. The largest absolute Gasteiger partial charge is 0.507 e. The molecule has 0 aliphatic rings. The molecule has 0 aliphatic heterocycles. The van der Waals surface area contributed by atoms with E-state index in [1.165, 1.54) is 6.08 Å². The molecule has 1 amide bonds. The number of hydrogen-bond acceptors (Lipinski definition) is 3. The Morgan fingerprint density at radius 3 is 2.04 bits per heavy atom. The van der Waals surface area contributed by atoms with Crippen LogP contribution < -0.4 is 5.32 Å². The van der Waals surface area contributed by atoms with Gasteiger partial charge in [-0.05, 0) is 34.6 Å². The zero-order valence-corrected chi connectivity index (χ0v) is 16.0. The van der Waals surface area contributed by atoms with Crippen molar-refractivity contribution in [2.45, 2.75) is 52.4 Å². The van der Waals surface area contributed by atoms with Crippen LogP contribution in [0.15, 0.2) is 18.2 Å². The lowest BCUT2D eigenvalue weighted by Gasteiger charge is -2.27. The Bertz CT molecular complexity index is 569. The minimum absolute atomic E-state index is 0.158. The molecule has 0 atom stereocenters. The number of phenolic OH excluding ortho intramolecular Hbond substituents is 1. The van der Waals surface area contributed by atoms with Gasteiger partial charge in [0.25, 0.3) is 0 Å². The Labute approximate surface area is 145 Å². The third-order valence-electron chi connectivity index (χ3n) is 3.78. The standard InChI is InChI=1S/C20H31NO3/c1-19(2,3)15-12-14(8-9-17(22)21-10-11-24-7)13-16(18(15)23)20(4,5)6/h8-9,12-13,23H,10-11H2,1-7H3,(H,21,22)/b9-8+. The maximum Gasteiger partial charge on any atom is 0.244 e. The second-order valence-corrected chi connectivity index (χ2v) is 8.08. The van der Waals surface area contributed by atoms with Crippen LogP contribution in [0.3, 0.4) is 0 Å². The monoisotopic (exact) mass is 333 g/mol. The van der Waals surface area contributed by atoms with Gasteiger partial charge in [-0.2, -0.15) is 0 Å². The normalized spacial score (nSPS) is 12.6. The van der Waals surface area contributed by atoms with Gasteiger partial charge in [0.1, 0.15) is 5.75 Å². The Kier molecular flexibility index (Phi) is 6.61. The molecule has 24 heavy (non-hydrogen) atoms. The molecule has 1 aromatic rings. The summed E-state index contributed by atoms with van der Waals surface area (Å²) in [6, 6.07) is 3.90. The van der Waals surface area contributed by atoms with E-state index >= 15 is 0 Å². The topological polar surface area (TPSA) is 58.6 Å². The van der Waals surface area contributed by atoms with Crippen molar-refractivity contribution < 1.29 is 14.6 Å². The molecule has 0 radical (unpaired) electrons. The molecule has 0 spiro atoms. The van der Waals surface area contributed by atoms with E-state index in [-0.39, 0.29) is 16.7 Å². The molecule has 1 rings (SSSR count). The van der Waals surface area contributed by atoms with E-state index in [0.29, 0.717) is 18.9 Å². The van der Waals surface area contributed by atoms with Crippen molar-refractivity contribution in [2.75, 3.05) is 20.3 Å². The molecule has 0 aliphatic carbocycles. The van der Waals surface area contributed by atoms with Crippen LogP contribution in [0, 0.1) is 0 Å². The van der Waals surface area contributed by atoms with Crippen molar-refractivity contribution in [3.05, 3.63) is 34.9 Å². The summed E-state index contributed by atoms with van der Waals surface area (Å²) >= 11 is 0. The molecule has 0 aromatic heterocycles. The molecule has 4 heteroatoms. The Morgan fingerprint density at radius 1 is 1.12 bits per heavy atom. The van der Waals surface area contributed by atoms with E-state index in [9.17, 15) is 9.90 Å². The third kappa shape index (κ3) is 5.68.